The van der Waals surface area contributed by atoms with E-state index in [1.165, 1.54) is 25.1 Å². The molecular weight excluding hydrogens is 295 g/mol. The van der Waals surface area contributed by atoms with Crippen molar-refractivity contribution in [3.8, 4) is 0 Å². The van der Waals surface area contributed by atoms with Gasteiger partial charge in [-0.2, -0.15) is 0 Å². The zero-order valence-electron chi connectivity index (χ0n) is 11.3. The smallest absolute Gasteiger partial charge is 0.293 e. The Labute approximate surface area is 125 Å². The molecule has 0 aliphatic carbocycles. The quantitative estimate of drug-likeness (QED) is 0.864. The van der Waals surface area contributed by atoms with Crippen LogP contribution in [0.1, 0.15) is 12.5 Å². The lowest BCUT2D eigenvalue weighted by Gasteiger charge is -2.12. The van der Waals surface area contributed by atoms with Crippen molar-refractivity contribution in [2.45, 2.75) is 6.92 Å². The minimum absolute atomic E-state index is 0.0961. The topological polar surface area (TPSA) is 66.5 Å². The highest BCUT2D eigenvalue weighted by atomic mass is 32.2. The van der Waals surface area contributed by atoms with Crippen molar-refractivity contribution in [1.29, 1.82) is 0 Å². The molecular formula is C14H13FN2O3S. The van der Waals surface area contributed by atoms with Gasteiger partial charge in [-0.25, -0.2) is 4.39 Å². The molecule has 5 nitrogen and oxygen atoms in total. The fraction of sp³-hybridized carbons (Fsp3) is 0.214. The predicted molar refractivity (Wildman–Crippen MR) is 77.8 cm³/mol. The van der Waals surface area contributed by atoms with E-state index in [4.69, 9.17) is 0 Å². The normalized spacial score (nSPS) is 16.7. The summed E-state index contributed by atoms with van der Waals surface area (Å²) in [5, 5.41) is 2.09. The highest BCUT2D eigenvalue weighted by Crippen LogP contribution is 2.32. The Morgan fingerprint density at radius 2 is 2.10 bits per heavy atom. The number of imide groups is 1. The average molecular weight is 308 g/mol. The maximum absolute atomic E-state index is 13.5. The summed E-state index contributed by atoms with van der Waals surface area (Å²) >= 11 is 0.763. The third-order valence-corrected chi connectivity index (χ3v) is 3.68. The van der Waals surface area contributed by atoms with Crippen LogP contribution in [0.4, 0.5) is 9.18 Å². The molecule has 1 aromatic carbocycles. The maximum Gasteiger partial charge on any atom is 0.293 e. The Hall–Kier alpha value is -2.15. The Morgan fingerprint density at radius 3 is 2.76 bits per heavy atom. The van der Waals surface area contributed by atoms with E-state index in [1.807, 2.05) is 0 Å². The first-order valence-electron chi connectivity index (χ1n) is 6.23. The molecule has 7 heteroatoms. The number of benzene rings is 1. The Morgan fingerprint density at radius 1 is 1.38 bits per heavy atom. The molecule has 1 N–H and O–H groups in total. The minimum Gasteiger partial charge on any atom is -0.355 e. The molecule has 0 bridgehead atoms. The molecule has 1 aromatic rings. The van der Waals surface area contributed by atoms with E-state index in [0.29, 0.717) is 0 Å². The van der Waals surface area contributed by atoms with E-state index in [0.717, 1.165) is 16.7 Å². The van der Waals surface area contributed by atoms with Gasteiger partial charge in [0, 0.05) is 25.6 Å². The number of carbonyl (C=O) groups is 3. The Kier molecular flexibility index (Phi) is 4.74. The van der Waals surface area contributed by atoms with E-state index in [1.54, 1.807) is 12.1 Å². The molecule has 0 spiro atoms. The number of halogens is 1. The second-order valence-corrected chi connectivity index (χ2v) is 5.33. The summed E-state index contributed by atoms with van der Waals surface area (Å²) in [7, 11) is 0. The first-order chi connectivity index (χ1) is 9.99. The number of carbonyl (C=O) groups excluding carboxylic acids is 3. The molecule has 0 aromatic heterocycles. The molecule has 0 unspecified atom stereocenters. The summed E-state index contributed by atoms with van der Waals surface area (Å²) in [4.78, 5) is 35.8. The van der Waals surface area contributed by atoms with Crippen LogP contribution >= 0.6 is 11.8 Å². The van der Waals surface area contributed by atoms with Gasteiger partial charge in [0.05, 0.1) is 4.91 Å². The Bertz CT molecular complexity index is 630. The molecule has 1 heterocycles. The fourth-order valence-electron chi connectivity index (χ4n) is 1.77. The van der Waals surface area contributed by atoms with Gasteiger partial charge in [0.25, 0.3) is 11.1 Å². The van der Waals surface area contributed by atoms with Crippen molar-refractivity contribution in [3.05, 3.63) is 40.6 Å². The van der Waals surface area contributed by atoms with Crippen LogP contribution in [0.2, 0.25) is 0 Å². The maximum atomic E-state index is 13.5. The van der Waals surface area contributed by atoms with E-state index in [2.05, 4.69) is 5.32 Å². The van der Waals surface area contributed by atoms with Gasteiger partial charge in [0.1, 0.15) is 5.82 Å². The SMILES string of the molecule is CC(=O)NCCN1C(=O)S/C(=C\c2ccccc2F)C1=O. The second-order valence-electron chi connectivity index (χ2n) is 4.34. The number of amides is 3. The first-order valence-corrected chi connectivity index (χ1v) is 7.05. The summed E-state index contributed by atoms with van der Waals surface area (Å²) < 4.78 is 13.5. The first kappa shape index (κ1) is 15.2. The highest BCUT2D eigenvalue weighted by molar-refractivity contribution is 8.18. The molecule has 110 valence electrons. The minimum atomic E-state index is -0.474. The summed E-state index contributed by atoms with van der Waals surface area (Å²) in [6.45, 7) is 1.64. The van der Waals surface area contributed by atoms with Crippen molar-refractivity contribution >= 4 is 34.9 Å². The molecule has 1 fully saturated rings. The van der Waals surface area contributed by atoms with E-state index < -0.39 is 17.0 Å². The van der Waals surface area contributed by atoms with Crippen LogP contribution in [-0.2, 0) is 9.59 Å². The van der Waals surface area contributed by atoms with Gasteiger partial charge in [-0.15, -0.1) is 0 Å². The molecule has 0 atom stereocenters. The third kappa shape index (κ3) is 3.69. The lowest BCUT2D eigenvalue weighted by atomic mass is 10.2. The van der Waals surface area contributed by atoms with Crippen LogP contribution < -0.4 is 5.32 Å². The van der Waals surface area contributed by atoms with Gasteiger partial charge < -0.3 is 5.32 Å². The van der Waals surface area contributed by atoms with Crippen LogP contribution in [0.5, 0.6) is 0 Å². The van der Waals surface area contributed by atoms with Crippen LogP contribution in [0, 0.1) is 5.82 Å². The number of rotatable bonds is 4. The molecule has 0 saturated carbocycles. The van der Waals surface area contributed by atoms with Crippen molar-refractivity contribution in [1.82, 2.24) is 10.2 Å². The third-order valence-electron chi connectivity index (χ3n) is 2.77. The number of nitrogens with zero attached hydrogens (tertiary/aromatic N) is 1. The number of nitrogens with one attached hydrogen (secondary N) is 1. The summed E-state index contributed by atoms with van der Waals surface area (Å²) in [6.07, 6.45) is 1.36. The summed E-state index contributed by atoms with van der Waals surface area (Å²) in [5.41, 5.74) is 0.255. The van der Waals surface area contributed by atoms with Gasteiger partial charge >= 0.3 is 0 Å². The van der Waals surface area contributed by atoms with Crippen molar-refractivity contribution in [3.63, 3.8) is 0 Å². The number of hydrogen-bond acceptors (Lipinski definition) is 4. The average Bonchev–Trinajstić information content (AvgIpc) is 2.68. The van der Waals surface area contributed by atoms with Crippen LogP contribution in [0.3, 0.4) is 0 Å². The van der Waals surface area contributed by atoms with Gasteiger partial charge in [0.2, 0.25) is 5.91 Å². The van der Waals surface area contributed by atoms with Crippen molar-refractivity contribution in [2.75, 3.05) is 13.1 Å². The molecule has 1 saturated heterocycles. The largest absolute Gasteiger partial charge is 0.355 e. The van der Waals surface area contributed by atoms with Crippen molar-refractivity contribution < 1.29 is 18.8 Å². The van der Waals surface area contributed by atoms with Crippen LogP contribution in [-0.4, -0.2) is 35.0 Å². The molecule has 1 aliphatic heterocycles. The zero-order valence-corrected chi connectivity index (χ0v) is 12.1. The zero-order chi connectivity index (χ0) is 15.4. The van der Waals surface area contributed by atoms with Gasteiger partial charge in [-0.3, -0.25) is 19.3 Å². The molecule has 2 rings (SSSR count). The summed E-state index contributed by atoms with van der Waals surface area (Å²) in [5.74, 6) is -1.16. The lowest BCUT2D eigenvalue weighted by molar-refractivity contribution is -0.123. The fourth-order valence-corrected chi connectivity index (χ4v) is 2.63. The second kappa shape index (κ2) is 6.53. The molecule has 3 amide bonds. The standard InChI is InChI=1S/C14H13FN2O3S/c1-9(18)16-6-7-17-13(19)12(21-14(17)20)8-10-4-2-3-5-11(10)15/h2-5,8H,6-7H2,1H3,(H,16,18)/b12-8-. The van der Waals surface area contributed by atoms with Gasteiger partial charge in [-0.1, -0.05) is 18.2 Å². The Balaban J connectivity index is 2.11. The number of thioether (sulfide) groups is 1. The van der Waals surface area contributed by atoms with Crippen LogP contribution in [0.25, 0.3) is 6.08 Å². The van der Waals surface area contributed by atoms with Crippen LogP contribution in [0.15, 0.2) is 29.2 Å². The summed E-state index contributed by atoms with van der Waals surface area (Å²) in [6, 6.07) is 6.01. The molecule has 0 radical (unpaired) electrons. The van der Waals surface area contributed by atoms with Crippen molar-refractivity contribution in [2.24, 2.45) is 0 Å². The molecule has 21 heavy (non-hydrogen) atoms. The molecule has 1 aliphatic rings. The van der Waals surface area contributed by atoms with Gasteiger partial charge in [0.15, 0.2) is 0 Å². The lowest BCUT2D eigenvalue weighted by Crippen LogP contribution is -2.36. The van der Waals surface area contributed by atoms with E-state index >= 15 is 0 Å². The monoisotopic (exact) mass is 308 g/mol. The number of hydrogen-bond donors (Lipinski definition) is 1. The van der Waals surface area contributed by atoms with E-state index in [9.17, 15) is 18.8 Å². The highest BCUT2D eigenvalue weighted by Gasteiger charge is 2.34. The predicted octanol–water partition coefficient (Wildman–Crippen LogP) is 2.00. The van der Waals surface area contributed by atoms with Gasteiger partial charge in [-0.05, 0) is 23.9 Å². The van der Waals surface area contributed by atoms with E-state index in [-0.39, 0.29) is 29.5 Å².